The third kappa shape index (κ3) is 6.18. The molecule has 6 nitrogen and oxygen atoms in total. The van der Waals surface area contributed by atoms with Crippen LogP contribution in [0.25, 0.3) is 44.4 Å². The van der Waals surface area contributed by atoms with Crippen molar-refractivity contribution in [3.63, 3.8) is 0 Å². The number of ether oxygens (including phenoxy) is 2. The summed E-state index contributed by atoms with van der Waals surface area (Å²) < 4.78 is 16.3. The molecule has 4 aromatic carbocycles. The van der Waals surface area contributed by atoms with Gasteiger partial charge < -0.3 is 9.47 Å². The summed E-state index contributed by atoms with van der Waals surface area (Å²) in [6.45, 7) is 11.1. The molecule has 0 amide bonds. The number of pyridine rings is 1. The number of thioether (sulfide) groups is 1. The second-order valence-electron chi connectivity index (χ2n) is 12.7. The monoisotopic (exact) mass is 652 g/mol. The number of methoxy groups -OCH3 is 1. The van der Waals surface area contributed by atoms with Gasteiger partial charge in [0, 0.05) is 51.8 Å². The number of para-hydroxylation sites is 1. The predicted octanol–water partition coefficient (Wildman–Crippen LogP) is 10.8. The SMILES string of the molecule is CCSc1cc(C)c(-c2cnn(-c3cc(CC(C)C)cc(Oc4ccc5c6ccccc6n(-c6cc(OC)ccn6)c5c4)c3)c2)c(C)c1. The molecule has 48 heavy (non-hydrogen) atoms. The molecule has 0 saturated carbocycles. The first kappa shape index (κ1) is 31.6. The van der Waals surface area contributed by atoms with Crippen LogP contribution in [0.15, 0.2) is 108 Å². The quantitative estimate of drug-likeness (QED) is 0.138. The first-order chi connectivity index (χ1) is 23.3. The summed E-state index contributed by atoms with van der Waals surface area (Å²) in [7, 11) is 1.68. The molecule has 242 valence electrons. The molecule has 3 aromatic heterocycles. The van der Waals surface area contributed by atoms with Gasteiger partial charge >= 0.3 is 0 Å². The van der Waals surface area contributed by atoms with Crippen LogP contribution in [0.4, 0.5) is 0 Å². The van der Waals surface area contributed by atoms with E-state index in [1.165, 1.54) is 27.1 Å². The highest BCUT2D eigenvalue weighted by molar-refractivity contribution is 7.99. The Hall–Kier alpha value is -5.01. The summed E-state index contributed by atoms with van der Waals surface area (Å²) in [6.07, 6.45) is 6.81. The summed E-state index contributed by atoms with van der Waals surface area (Å²) in [6, 6.07) is 29.5. The lowest BCUT2D eigenvalue weighted by Crippen LogP contribution is -2.00. The summed E-state index contributed by atoms with van der Waals surface area (Å²) in [5.74, 6) is 4.62. The van der Waals surface area contributed by atoms with Crippen LogP contribution in [0, 0.1) is 19.8 Å². The highest BCUT2D eigenvalue weighted by Gasteiger charge is 2.16. The van der Waals surface area contributed by atoms with E-state index in [1.807, 2.05) is 40.8 Å². The van der Waals surface area contributed by atoms with Crippen LogP contribution in [0.3, 0.4) is 0 Å². The van der Waals surface area contributed by atoms with Crippen molar-refractivity contribution in [2.24, 2.45) is 5.92 Å². The Balaban J connectivity index is 1.28. The van der Waals surface area contributed by atoms with Crippen LogP contribution < -0.4 is 9.47 Å². The van der Waals surface area contributed by atoms with Crippen molar-refractivity contribution in [1.29, 1.82) is 0 Å². The number of hydrogen-bond donors (Lipinski definition) is 0. The molecule has 0 bridgehead atoms. The Kier molecular flexibility index (Phi) is 8.71. The molecule has 7 aromatic rings. The van der Waals surface area contributed by atoms with Gasteiger partial charge in [-0.1, -0.05) is 39.0 Å². The van der Waals surface area contributed by atoms with Crippen LogP contribution in [-0.2, 0) is 6.42 Å². The summed E-state index contributed by atoms with van der Waals surface area (Å²) in [4.78, 5) is 6.02. The first-order valence-electron chi connectivity index (χ1n) is 16.5. The fourth-order valence-electron chi connectivity index (χ4n) is 6.69. The van der Waals surface area contributed by atoms with Crippen LogP contribution in [-0.4, -0.2) is 32.2 Å². The molecule has 3 heterocycles. The number of nitrogens with zero attached hydrogens (tertiary/aromatic N) is 4. The fourth-order valence-corrected chi connectivity index (χ4v) is 7.55. The van der Waals surface area contributed by atoms with Crippen molar-refractivity contribution in [3.8, 4) is 39.9 Å². The third-order valence-corrected chi connectivity index (χ3v) is 9.47. The number of aryl methyl sites for hydroxylation is 2. The molecule has 0 N–H and O–H groups in total. The molecule has 0 aliphatic rings. The second kappa shape index (κ2) is 13.2. The average Bonchev–Trinajstić information content (AvgIpc) is 3.67. The Labute approximate surface area is 286 Å². The standard InChI is InChI=1S/C41H40N4O2S/c1-7-48-35-17-27(4)41(28(5)18-35)30-24-43-44(25-30)31-19-29(16-26(2)3)20-34(21-31)47-33-12-13-37-36-10-8-9-11-38(36)45(39(37)22-33)40-23-32(46-6)14-15-42-40/h8-15,17-26H,7,16H2,1-6H3. The van der Waals surface area contributed by atoms with Crippen LogP contribution in [0.5, 0.6) is 17.2 Å². The Morgan fingerprint density at radius 3 is 2.38 bits per heavy atom. The third-order valence-electron chi connectivity index (χ3n) is 8.61. The number of hydrogen-bond acceptors (Lipinski definition) is 5. The van der Waals surface area contributed by atoms with E-state index < -0.39 is 0 Å². The van der Waals surface area contributed by atoms with Gasteiger partial charge in [0.25, 0.3) is 0 Å². The minimum absolute atomic E-state index is 0.494. The maximum absolute atomic E-state index is 6.67. The van der Waals surface area contributed by atoms with E-state index in [0.29, 0.717) is 5.92 Å². The number of rotatable bonds is 10. The summed E-state index contributed by atoms with van der Waals surface area (Å²) in [5.41, 5.74) is 9.14. The molecular formula is C41H40N4O2S. The smallest absolute Gasteiger partial charge is 0.141 e. The van der Waals surface area contributed by atoms with E-state index in [9.17, 15) is 0 Å². The Morgan fingerprint density at radius 2 is 1.60 bits per heavy atom. The zero-order chi connectivity index (χ0) is 33.4. The van der Waals surface area contributed by atoms with Crippen molar-refractivity contribution >= 4 is 33.6 Å². The second-order valence-corrected chi connectivity index (χ2v) is 14.0. The molecule has 0 unspecified atom stereocenters. The van der Waals surface area contributed by atoms with Crippen molar-refractivity contribution in [1.82, 2.24) is 19.3 Å². The lowest BCUT2D eigenvalue weighted by Gasteiger charge is -2.14. The predicted molar refractivity (Wildman–Crippen MR) is 199 cm³/mol. The van der Waals surface area contributed by atoms with Crippen molar-refractivity contribution < 1.29 is 9.47 Å². The minimum Gasteiger partial charge on any atom is -0.497 e. The highest BCUT2D eigenvalue weighted by Crippen LogP contribution is 2.37. The van der Waals surface area contributed by atoms with E-state index in [0.717, 1.165) is 68.3 Å². The van der Waals surface area contributed by atoms with Gasteiger partial charge in [-0.05, 0) is 103 Å². The molecule has 0 spiro atoms. The van der Waals surface area contributed by atoms with E-state index in [2.05, 4.69) is 112 Å². The van der Waals surface area contributed by atoms with Crippen molar-refractivity contribution in [3.05, 3.63) is 120 Å². The Bertz CT molecular complexity index is 2240. The maximum Gasteiger partial charge on any atom is 0.141 e. The number of benzene rings is 4. The van der Waals surface area contributed by atoms with Crippen molar-refractivity contribution in [2.45, 2.75) is 45.9 Å². The molecule has 0 saturated heterocycles. The number of fused-ring (bicyclic) bond motifs is 3. The summed E-state index contributed by atoms with van der Waals surface area (Å²) >= 11 is 1.88. The zero-order valence-corrected chi connectivity index (χ0v) is 29.1. The topological polar surface area (TPSA) is 54.1 Å². The normalized spacial score (nSPS) is 11.6. The molecule has 0 radical (unpaired) electrons. The van der Waals surface area contributed by atoms with Gasteiger partial charge in [0.15, 0.2) is 0 Å². The van der Waals surface area contributed by atoms with Crippen LogP contribution in [0.1, 0.15) is 37.5 Å². The van der Waals surface area contributed by atoms with Gasteiger partial charge in [0.2, 0.25) is 0 Å². The lowest BCUT2D eigenvalue weighted by atomic mass is 9.98. The summed E-state index contributed by atoms with van der Waals surface area (Å²) in [5, 5.41) is 7.12. The molecule has 0 aliphatic carbocycles. The van der Waals surface area contributed by atoms with Gasteiger partial charge in [-0.2, -0.15) is 5.10 Å². The van der Waals surface area contributed by atoms with E-state index in [-0.39, 0.29) is 0 Å². The van der Waals surface area contributed by atoms with E-state index in [4.69, 9.17) is 19.6 Å². The molecular weight excluding hydrogens is 613 g/mol. The fraction of sp³-hybridized carbons (Fsp3) is 0.220. The molecule has 0 fully saturated rings. The van der Waals surface area contributed by atoms with Crippen LogP contribution in [0.2, 0.25) is 0 Å². The van der Waals surface area contributed by atoms with E-state index in [1.54, 1.807) is 13.3 Å². The molecule has 7 heteroatoms. The zero-order valence-electron chi connectivity index (χ0n) is 28.3. The van der Waals surface area contributed by atoms with Gasteiger partial charge in [-0.3, -0.25) is 4.57 Å². The lowest BCUT2D eigenvalue weighted by molar-refractivity contribution is 0.414. The molecule has 0 atom stereocenters. The van der Waals surface area contributed by atoms with E-state index >= 15 is 0 Å². The highest BCUT2D eigenvalue weighted by atomic mass is 32.2. The van der Waals surface area contributed by atoms with Crippen LogP contribution >= 0.6 is 11.8 Å². The maximum atomic E-state index is 6.67. The van der Waals surface area contributed by atoms with Gasteiger partial charge in [-0.25, -0.2) is 9.67 Å². The van der Waals surface area contributed by atoms with Gasteiger partial charge in [0.05, 0.1) is 30.0 Å². The average molecular weight is 653 g/mol. The van der Waals surface area contributed by atoms with Gasteiger partial charge in [0.1, 0.15) is 23.1 Å². The Morgan fingerprint density at radius 1 is 0.812 bits per heavy atom. The van der Waals surface area contributed by atoms with Crippen molar-refractivity contribution in [2.75, 3.05) is 12.9 Å². The molecule has 0 aliphatic heterocycles. The number of aromatic nitrogens is 4. The largest absolute Gasteiger partial charge is 0.497 e. The molecule has 7 rings (SSSR count). The minimum atomic E-state index is 0.494. The van der Waals surface area contributed by atoms with Gasteiger partial charge in [-0.15, -0.1) is 11.8 Å². The first-order valence-corrected chi connectivity index (χ1v) is 17.4.